The Bertz CT molecular complexity index is 546. The predicted octanol–water partition coefficient (Wildman–Crippen LogP) is 3.35. The van der Waals surface area contributed by atoms with Gasteiger partial charge in [-0.05, 0) is 50.7 Å². The summed E-state index contributed by atoms with van der Waals surface area (Å²) in [5, 5.41) is 0. The summed E-state index contributed by atoms with van der Waals surface area (Å²) in [5.41, 5.74) is 0. The topological polar surface area (TPSA) is 45.7 Å². The van der Waals surface area contributed by atoms with Crippen LogP contribution in [0.2, 0.25) is 0 Å². The van der Waals surface area contributed by atoms with Gasteiger partial charge >= 0.3 is 0 Å². The van der Waals surface area contributed by atoms with Crippen LogP contribution < -0.4 is 4.74 Å². The lowest BCUT2D eigenvalue weighted by Crippen LogP contribution is -2.50. The normalized spacial score (nSPS) is 20.5. The summed E-state index contributed by atoms with van der Waals surface area (Å²) >= 11 is 0. The molecular formula is C21H33N3O2. The van der Waals surface area contributed by atoms with Crippen molar-refractivity contribution in [3.05, 3.63) is 24.5 Å². The minimum absolute atomic E-state index is 0.215. The van der Waals surface area contributed by atoms with E-state index in [0.717, 1.165) is 70.5 Å². The fraction of sp³-hybridized carbons (Fsp3) is 0.714. The third-order valence-corrected chi connectivity index (χ3v) is 6.06. The van der Waals surface area contributed by atoms with Gasteiger partial charge in [-0.25, -0.2) is 0 Å². The number of carbonyl (C=O) groups excluding carboxylic acids is 1. The van der Waals surface area contributed by atoms with Gasteiger partial charge in [0, 0.05) is 50.5 Å². The molecule has 0 atom stereocenters. The molecule has 26 heavy (non-hydrogen) atoms. The molecule has 2 saturated heterocycles. The van der Waals surface area contributed by atoms with Crippen LogP contribution >= 0.6 is 0 Å². The number of pyridine rings is 1. The SMILES string of the molecule is CCC(CC)C(=O)N1CCC(N2CCC(Oc3ccncc3)CC2)CC1. The van der Waals surface area contributed by atoms with E-state index in [-0.39, 0.29) is 5.92 Å². The highest BCUT2D eigenvalue weighted by Crippen LogP contribution is 2.25. The van der Waals surface area contributed by atoms with Crippen LogP contribution in [0.1, 0.15) is 52.4 Å². The summed E-state index contributed by atoms with van der Waals surface area (Å²) in [6, 6.07) is 4.49. The Morgan fingerprint density at radius 1 is 1.08 bits per heavy atom. The minimum atomic E-state index is 0.215. The molecule has 0 unspecified atom stereocenters. The average molecular weight is 360 g/mol. The number of aromatic nitrogens is 1. The first-order chi connectivity index (χ1) is 12.7. The van der Waals surface area contributed by atoms with E-state index in [9.17, 15) is 4.79 Å². The smallest absolute Gasteiger partial charge is 0.225 e. The van der Waals surface area contributed by atoms with Crippen LogP contribution in [0.15, 0.2) is 24.5 Å². The second kappa shape index (κ2) is 9.36. The van der Waals surface area contributed by atoms with Gasteiger partial charge in [0.2, 0.25) is 5.91 Å². The molecule has 0 aliphatic carbocycles. The van der Waals surface area contributed by atoms with Crippen molar-refractivity contribution in [3.8, 4) is 5.75 Å². The monoisotopic (exact) mass is 359 g/mol. The standard InChI is InChI=1S/C21H33N3O2/c1-3-17(4-2)21(25)24-13-7-18(8-14-24)23-15-9-20(10-16-23)26-19-5-11-22-12-6-19/h5-6,11-12,17-18,20H,3-4,7-10,13-16H2,1-2H3. The minimum Gasteiger partial charge on any atom is -0.490 e. The van der Waals surface area contributed by atoms with Crippen molar-refractivity contribution >= 4 is 5.91 Å². The summed E-state index contributed by atoms with van der Waals surface area (Å²) in [6.45, 7) is 8.29. The third-order valence-electron chi connectivity index (χ3n) is 6.06. The second-order valence-corrected chi connectivity index (χ2v) is 7.61. The van der Waals surface area contributed by atoms with E-state index in [4.69, 9.17) is 4.74 Å². The molecule has 144 valence electrons. The molecule has 1 aromatic heterocycles. The Kier molecular flexibility index (Phi) is 6.89. The number of likely N-dealkylation sites (tertiary alicyclic amines) is 2. The van der Waals surface area contributed by atoms with Gasteiger partial charge < -0.3 is 9.64 Å². The molecule has 3 rings (SSSR count). The molecule has 2 fully saturated rings. The quantitative estimate of drug-likeness (QED) is 0.781. The maximum absolute atomic E-state index is 12.6. The number of piperidine rings is 2. The number of hydrogen-bond donors (Lipinski definition) is 0. The molecule has 2 aliphatic rings. The van der Waals surface area contributed by atoms with Gasteiger partial charge in [0.25, 0.3) is 0 Å². The van der Waals surface area contributed by atoms with Crippen LogP contribution in [0.5, 0.6) is 5.75 Å². The van der Waals surface area contributed by atoms with E-state index < -0.39 is 0 Å². The van der Waals surface area contributed by atoms with E-state index in [1.807, 2.05) is 12.1 Å². The molecule has 0 spiro atoms. The molecule has 0 saturated carbocycles. The number of nitrogens with zero attached hydrogens (tertiary/aromatic N) is 3. The molecule has 0 aromatic carbocycles. The first-order valence-corrected chi connectivity index (χ1v) is 10.3. The van der Waals surface area contributed by atoms with E-state index in [1.54, 1.807) is 12.4 Å². The van der Waals surface area contributed by atoms with Crippen LogP contribution in [0.4, 0.5) is 0 Å². The fourth-order valence-corrected chi connectivity index (χ4v) is 4.32. The number of ether oxygens (including phenoxy) is 1. The Balaban J connectivity index is 1.41. The van der Waals surface area contributed by atoms with Crippen molar-refractivity contribution in [3.63, 3.8) is 0 Å². The number of rotatable bonds is 6. The zero-order chi connectivity index (χ0) is 18.4. The summed E-state index contributed by atoms with van der Waals surface area (Å²) in [7, 11) is 0. The van der Waals surface area contributed by atoms with Gasteiger partial charge in [0.05, 0.1) is 0 Å². The van der Waals surface area contributed by atoms with Crippen molar-refractivity contribution in [1.82, 2.24) is 14.8 Å². The highest BCUT2D eigenvalue weighted by atomic mass is 16.5. The lowest BCUT2D eigenvalue weighted by Gasteiger charge is -2.42. The summed E-state index contributed by atoms with van der Waals surface area (Å²) in [6.07, 6.45) is 10.2. The lowest BCUT2D eigenvalue weighted by atomic mass is 9.96. The zero-order valence-corrected chi connectivity index (χ0v) is 16.3. The van der Waals surface area contributed by atoms with Crippen molar-refractivity contribution in [1.29, 1.82) is 0 Å². The van der Waals surface area contributed by atoms with Gasteiger partial charge in [0.15, 0.2) is 0 Å². The Morgan fingerprint density at radius 2 is 1.69 bits per heavy atom. The highest BCUT2D eigenvalue weighted by molar-refractivity contribution is 5.78. The van der Waals surface area contributed by atoms with Crippen molar-refractivity contribution in [2.45, 2.75) is 64.5 Å². The molecule has 5 nitrogen and oxygen atoms in total. The van der Waals surface area contributed by atoms with Gasteiger partial charge in [-0.2, -0.15) is 0 Å². The second-order valence-electron chi connectivity index (χ2n) is 7.61. The maximum atomic E-state index is 12.6. The van der Waals surface area contributed by atoms with Crippen molar-refractivity contribution in [2.75, 3.05) is 26.2 Å². The van der Waals surface area contributed by atoms with Crippen LogP contribution in [-0.4, -0.2) is 59.0 Å². The molecule has 0 radical (unpaired) electrons. The van der Waals surface area contributed by atoms with E-state index in [0.29, 0.717) is 18.1 Å². The molecule has 0 bridgehead atoms. The van der Waals surface area contributed by atoms with Crippen LogP contribution in [-0.2, 0) is 4.79 Å². The lowest BCUT2D eigenvalue weighted by molar-refractivity contribution is -0.137. The maximum Gasteiger partial charge on any atom is 0.225 e. The van der Waals surface area contributed by atoms with Crippen LogP contribution in [0, 0.1) is 5.92 Å². The molecule has 1 amide bonds. The number of hydrogen-bond acceptors (Lipinski definition) is 4. The first kappa shape index (κ1) is 19.2. The molecule has 5 heteroatoms. The summed E-state index contributed by atoms with van der Waals surface area (Å²) < 4.78 is 6.07. The molecule has 3 heterocycles. The first-order valence-electron chi connectivity index (χ1n) is 10.3. The van der Waals surface area contributed by atoms with Gasteiger partial charge in [-0.1, -0.05) is 13.8 Å². The fourth-order valence-electron chi connectivity index (χ4n) is 4.32. The Morgan fingerprint density at radius 3 is 2.27 bits per heavy atom. The average Bonchev–Trinajstić information content (AvgIpc) is 2.70. The van der Waals surface area contributed by atoms with E-state index >= 15 is 0 Å². The Hall–Kier alpha value is -1.62. The predicted molar refractivity (Wildman–Crippen MR) is 103 cm³/mol. The van der Waals surface area contributed by atoms with E-state index in [1.165, 1.54) is 0 Å². The van der Waals surface area contributed by atoms with Crippen LogP contribution in [0.3, 0.4) is 0 Å². The van der Waals surface area contributed by atoms with Gasteiger partial charge in [0.1, 0.15) is 11.9 Å². The molecule has 1 aromatic rings. The third kappa shape index (κ3) is 4.76. The van der Waals surface area contributed by atoms with Gasteiger partial charge in [-0.15, -0.1) is 0 Å². The van der Waals surface area contributed by atoms with E-state index in [2.05, 4.69) is 28.6 Å². The Labute approximate surface area is 157 Å². The van der Waals surface area contributed by atoms with Crippen molar-refractivity contribution in [2.24, 2.45) is 5.92 Å². The number of carbonyl (C=O) groups is 1. The van der Waals surface area contributed by atoms with Crippen molar-refractivity contribution < 1.29 is 9.53 Å². The van der Waals surface area contributed by atoms with Crippen LogP contribution in [0.25, 0.3) is 0 Å². The molecule has 2 aliphatic heterocycles. The van der Waals surface area contributed by atoms with Gasteiger partial charge in [-0.3, -0.25) is 14.7 Å². The summed E-state index contributed by atoms with van der Waals surface area (Å²) in [4.78, 5) is 21.3. The highest BCUT2D eigenvalue weighted by Gasteiger charge is 2.31. The molecular weight excluding hydrogens is 326 g/mol. The zero-order valence-electron chi connectivity index (χ0n) is 16.3. The largest absolute Gasteiger partial charge is 0.490 e. The number of amides is 1. The molecule has 0 N–H and O–H groups in total. The summed E-state index contributed by atoms with van der Waals surface area (Å²) in [5.74, 6) is 1.51.